The van der Waals surface area contributed by atoms with Crippen molar-refractivity contribution in [1.29, 1.82) is 0 Å². The van der Waals surface area contributed by atoms with Crippen LogP contribution in [0.4, 0.5) is 5.69 Å². The van der Waals surface area contributed by atoms with E-state index in [1.807, 2.05) is 51.1 Å². The van der Waals surface area contributed by atoms with E-state index in [1.165, 1.54) is 5.56 Å². The van der Waals surface area contributed by atoms with E-state index < -0.39 is 0 Å². The molecule has 0 aliphatic rings. The van der Waals surface area contributed by atoms with Gasteiger partial charge in [0.1, 0.15) is 0 Å². The molecule has 0 aliphatic heterocycles. The van der Waals surface area contributed by atoms with Crippen molar-refractivity contribution in [3.05, 3.63) is 64.2 Å². The Morgan fingerprint density at radius 3 is 2.45 bits per heavy atom. The molecule has 2 rings (SSSR count). The summed E-state index contributed by atoms with van der Waals surface area (Å²) in [6, 6.07) is 11.7. The first-order chi connectivity index (χ1) is 9.49. The Labute approximate surface area is 119 Å². The highest BCUT2D eigenvalue weighted by molar-refractivity contribution is 5.96. The number of rotatable bonds is 3. The van der Waals surface area contributed by atoms with Crippen LogP contribution in [0.15, 0.2) is 36.4 Å². The van der Waals surface area contributed by atoms with Crippen molar-refractivity contribution in [2.24, 2.45) is 0 Å². The first kappa shape index (κ1) is 14.1. The molecule has 0 aliphatic carbocycles. The molecule has 3 heteroatoms. The number of carbonyl (C=O) groups is 1. The van der Waals surface area contributed by atoms with Gasteiger partial charge in [-0.25, -0.2) is 0 Å². The molecule has 0 unspecified atom stereocenters. The third-order valence-corrected chi connectivity index (χ3v) is 3.56. The van der Waals surface area contributed by atoms with Gasteiger partial charge in [-0.15, -0.1) is 0 Å². The van der Waals surface area contributed by atoms with Gasteiger partial charge in [-0.1, -0.05) is 30.3 Å². The van der Waals surface area contributed by atoms with Gasteiger partial charge in [0.05, 0.1) is 0 Å². The van der Waals surface area contributed by atoms with Crippen LogP contribution in [-0.2, 0) is 6.54 Å². The number of anilines is 1. The van der Waals surface area contributed by atoms with Gasteiger partial charge in [-0.3, -0.25) is 4.79 Å². The Morgan fingerprint density at radius 1 is 1.05 bits per heavy atom. The fraction of sp³-hybridized carbons (Fsp3) is 0.235. The number of nitrogen functional groups attached to an aromatic ring is 1. The Hall–Kier alpha value is -2.29. The maximum Gasteiger partial charge on any atom is 0.251 e. The highest BCUT2D eigenvalue weighted by Crippen LogP contribution is 2.18. The maximum absolute atomic E-state index is 12.2. The normalized spacial score (nSPS) is 10.3. The predicted molar refractivity (Wildman–Crippen MR) is 82.7 cm³/mol. The highest BCUT2D eigenvalue weighted by Gasteiger charge is 2.11. The molecule has 0 saturated carbocycles. The average Bonchev–Trinajstić information content (AvgIpc) is 2.41. The van der Waals surface area contributed by atoms with Gasteiger partial charge in [0.15, 0.2) is 0 Å². The molecule has 3 nitrogen and oxygen atoms in total. The topological polar surface area (TPSA) is 55.1 Å². The Bertz CT molecular complexity index is 647. The molecule has 0 saturated heterocycles. The molecule has 0 aromatic heterocycles. The van der Waals surface area contributed by atoms with E-state index in [1.54, 1.807) is 6.07 Å². The van der Waals surface area contributed by atoms with E-state index >= 15 is 0 Å². The molecule has 0 fully saturated rings. The van der Waals surface area contributed by atoms with Crippen LogP contribution in [-0.4, -0.2) is 5.91 Å². The molecular formula is C17H20N2O. The summed E-state index contributed by atoms with van der Waals surface area (Å²) in [6.45, 7) is 6.43. The van der Waals surface area contributed by atoms with Crippen LogP contribution >= 0.6 is 0 Å². The second-order valence-electron chi connectivity index (χ2n) is 5.13. The number of hydrogen-bond acceptors (Lipinski definition) is 2. The largest absolute Gasteiger partial charge is 0.398 e. The minimum absolute atomic E-state index is 0.0857. The molecule has 2 aromatic rings. The number of benzene rings is 2. The van der Waals surface area contributed by atoms with Crippen molar-refractivity contribution in [2.45, 2.75) is 27.3 Å². The van der Waals surface area contributed by atoms with Crippen LogP contribution in [0.1, 0.15) is 32.6 Å². The lowest BCUT2D eigenvalue weighted by Crippen LogP contribution is -2.24. The number of nitrogens with two attached hydrogens (primary N) is 1. The minimum Gasteiger partial charge on any atom is -0.398 e. The van der Waals surface area contributed by atoms with Crippen molar-refractivity contribution in [3.8, 4) is 0 Å². The first-order valence-corrected chi connectivity index (χ1v) is 6.68. The summed E-state index contributed by atoms with van der Waals surface area (Å²) in [7, 11) is 0. The lowest BCUT2D eigenvalue weighted by atomic mass is 10.0. The smallest absolute Gasteiger partial charge is 0.251 e. The average molecular weight is 268 g/mol. The third kappa shape index (κ3) is 2.99. The fourth-order valence-electron chi connectivity index (χ4n) is 2.19. The van der Waals surface area contributed by atoms with Crippen LogP contribution in [0.2, 0.25) is 0 Å². The quantitative estimate of drug-likeness (QED) is 0.840. The standard InChI is InChI=1S/C17H20N2O/c1-11-6-4-5-7-14(11)10-19-17(20)15-9-16(18)13(3)8-12(15)2/h4-9H,10,18H2,1-3H3,(H,19,20). The number of amides is 1. The summed E-state index contributed by atoms with van der Waals surface area (Å²) in [6.07, 6.45) is 0. The molecule has 104 valence electrons. The SMILES string of the molecule is Cc1cc(C)c(C(=O)NCc2ccccc2C)cc1N. The van der Waals surface area contributed by atoms with E-state index in [0.717, 1.165) is 16.7 Å². The Kier molecular flexibility index (Phi) is 4.08. The summed E-state index contributed by atoms with van der Waals surface area (Å²) < 4.78 is 0. The van der Waals surface area contributed by atoms with Crippen LogP contribution in [0.5, 0.6) is 0 Å². The van der Waals surface area contributed by atoms with Crippen LogP contribution < -0.4 is 11.1 Å². The maximum atomic E-state index is 12.2. The second kappa shape index (κ2) is 5.78. The van der Waals surface area contributed by atoms with E-state index in [0.29, 0.717) is 17.8 Å². The number of aryl methyl sites for hydroxylation is 3. The van der Waals surface area contributed by atoms with Gasteiger partial charge < -0.3 is 11.1 Å². The third-order valence-electron chi connectivity index (χ3n) is 3.56. The van der Waals surface area contributed by atoms with Crippen LogP contribution in [0, 0.1) is 20.8 Å². The van der Waals surface area contributed by atoms with E-state index in [-0.39, 0.29) is 5.91 Å². The summed E-state index contributed by atoms with van der Waals surface area (Å²) >= 11 is 0. The summed E-state index contributed by atoms with van der Waals surface area (Å²) in [5.74, 6) is -0.0857. The second-order valence-corrected chi connectivity index (χ2v) is 5.13. The number of nitrogens with one attached hydrogen (secondary N) is 1. The van der Waals surface area contributed by atoms with Gasteiger partial charge in [-0.05, 0) is 49.1 Å². The van der Waals surface area contributed by atoms with E-state index in [4.69, 9.17) is 5.73 Å². The monoisotopic (exact) mass is 268 g/mol. The van der Waals surface area contributed by atoms with Gasteiger partial charge in [-0.2, -0.15) is 0 Å². The molecule has 0 heterocycles. The summed E-state index contributed by atoms with van der Waals surface area (Å²) in [4.78, 5) is 12.2. The fourth-order valence-corrected chi connectivity index (χ4v) is 2.19. The lowest BCUT2D eigenvalue weighted by Gasteiger charge is -2.11. The highest BCUT2D eigenvalue weighted by atomic mass is 16.1. The predicted octanol–water partition coefficient (Wildman–Crippen LogP) is 3.12. The van der Waals surface area contributed by atoms with E-state index in [2.05, 4.69) is 5.32 Å². The summed E-state index contributed by atoms with van der Waals surface area (Å²) in [5.41, 5.74) is 11.4. The molecule has 0 bridgehead atoms. The number of carbonyl (C=O) groups excluding carboxylic acids is 1. The minimum atomic E-state index is -0.0857. The van der Waals surface area contributed by atoms with Crippen molar-refractivity contribution < 1.29 is 4.79 Å². The van der Waals surface area contributed by atoms with Crippen molar-refractivity contribution in [1.82, 2.24) is 5.32 Å². The van der Waals surface area contributed by atoms with Crippen molar-refractivity contribution in [3.63, 3.8) is 0 Å². The zero-order valence-electron chi connectivity index (χ0n) is 12.2. The van der Waals surface area contributed by atoms with Crippen molar-refractivity contribution in [2.75, 3.05) is 5.73 Å². The van der Waals surface area contributed by atoms with Crippen LogP contribution in [0.3, 0.4) is 0 Å². The lowest BCUT2D eigenvalue weighted by molar-refractivity contribution is 0.0950. The molecule has 0 radical (unpaired) electrons. The molecule has 0 atom stereocenters. The van der Waals surface area contributed by atoms with Gasteiger partial charge in [0.25, 0.3) is 5.91 Å². The van der Waals surface area contributed by atoms with Gasteiger partial charge in [0.2, 0.25) is 0 Å². The van der Waals surface area contributed by atoms with Crippen LogP contribution in [0.25, 0.3) is 0 Å². The Morgan fingerprint density at radius 2 is 1.75 bits per heavy atom. The molecule has 1 amide bonds. The molecule has 3 N–H and O–H groups in total. The molecule has 20 heavy (non-hydrogen) atoms. The van der Waals surface area contributed by atoms with Gasteiger partial charge in [0, 0.05) is 17.8 Å². The van der Waals surface area contributed by atoms with Gasteiger partial charge >= 0.3 is 0 Å². The first-order valence-electron chi connectivity index (χ1n) is 6.68. The molecule has 0 spiro atoms. The summed E-state index contributed by atoms with van der Waals surface area (Å²) in [5, 5.41) is 2.95. The van der Waals surface area contributed by atoms with E-state index in [9.17, 15) is 4.79 Å². The van der Waals surface area contributed by atoms with Crippen molar-refractivity contribution >= 4 is 11.6 Å². The zero-order chi connectivity index (χ0) is 14.7. The molecular weight excluding hydrogens is 248 g/mol. The number of hydrogen-bond donors (Lipinski definition) is 2. The molecule has 2 aromatic carbocycles. The Balaban J connectivity index is 2.13. The zero-order valence-corrected chi connectivity index (χ0v) is 12.2.